The average Bonchev–Trinajstić information content (AvgIpc) is 3.23. The lowest BCUT2D eigenvalue weighted by molar-refractivity contribution is 0.245. The van der Waals surface area contributed by atoms with E-state index in [1.165, 1.54) is 27.3 Å². The van der Waals surface area contributed by atoms with Crippen LogP contribution in [0.2, 0.25) is 0 Å². The van der Waals surface area contributed by atoms with E-state index in [1.807, 2.05) is 29.7 Å². The zero-order valence-electron chi connectivity index (χ0n) is 15.5. The molecule has 0 amide bonds. The van der Waals surface area contributed by atoms with E-state index in [4.69, 9.17) is 4.98 Å². The highest BCUT2D eigenvalue weighted by Gasteiger charge is 2.19. The van der Waals surface area contributed by atoms with E-state index in [0.717, 1.165) is 37.4 Å². The molecule has 0 atom stereocenters. The molecule has 4 nitrogen and oxygen atoms in total. The largest absolute Gasteiger partial charge is 0.293 e. The molecule has 5 heteroatoms. The molecule has 4 aromatic rings. The molecule has 3 aromatic heterocycles. The minimum atomic E-state index is 0.792. The molecule has 0 fully saturated rings. The summed E-state index contributed by atoms with van der Waals surface area (Å²) in [5, 5.41) is 2.26. The Bertz CT molecular complexity index is 1080. The van der Waals surface area contributed by atoms with Gasteiger partial charge in [-0.2, -0.15) is 0 Å². The van der Waals surface area contributed by atoms with Gasteiger partial charge in [0.15, 0.2) is 5.82 Å². The van der Waals surface area contributed by atoms with Gasteiger partial charge in [0.2, 0.25) is 0 Å². The maximum Gasteiger partial charge on any atom is 0.159 e. The van der Waals surface area contributed by atoms with Crippen LogP contribution in [0.4, 0.5) is 0 Å². The Hall–Kier alpha value is -2.89. The van der Waals surface area contributed by atoms with Crippen LogP contribution in [0.1, 0.15) is 16.1 Å². The van der Waals surface area contributed by atoms with Gasteiger partial charge in [0, 0.05) is 60.6 Å². The zero-order chi connectivity index (χ0) is 18.8. The van der Waals surface area contributed by atoms with E-state index in [2.05, 4.69) is 56.6 Å². The fourth-order valence-electron chi connectivity index (χ4n) is 3.62. The molecule has 0 N–H and O–H groups in total. The second-order valence-corrected chi connectivity index (χ2v) is 8.03. The third kappa shape index (κ3) is 3.59. The van der Waals surface area contributed by atoms with Crippen molar-refractivity contribution in [1.82, 2.24) is 19.9 Å². The van der Waals surface area contributed by atoms with E-state index in [1.54, 1.807) is 12.4 Å². The average molecular weight is 385 g/mol. The highest BCUT2D eigenvalue weighted by atomic mass is 32.1. The Morgan fingerprint density at radius 1 is 0.964 bits per heavy atom. The van der Waals surface area contributed by atoms with Crippen molar-refractivity contribution in [3.05, 3.63) is 88.6 Å². The van der Waals surface area contributed by atoms with Crippen molar-refractivity contribution in [2.75, 3.05) is 6.54 Å². The number of pyridine rings is 1. The van der Waals surface area contributed by atoms with Crippen molar-refractivity contribution in [2.24, 2.45) is 0 Å². The summed E-state index contributed by atoms with van der Waals surface area (Å²) in [6.07, 6.45) is 6.52. The number of hydrogen-bond acceptors (Lipinski definition) is 5. The van der Waals surface area contributed by atoms with Crippen molar-refractivity contribution in [1.29, 1.82) is 0 Å². The van der Waals surface area contributed by atoms with Gasteiger partial charge >= 0.3 is 0 Å². The van der Waals surface area contributed by atoms with E-state index in [0.29, 0.717) is 0 Å². The molecule has 4 heterocycles. The van der Waals surface area contributed by atoms with Gasteiger partial charge < -0.3 is 0 Å². The van der Waals surface area contributed by atoms with Crippen LogP contribution in [0.5, 0.6) is 0 Å². The van der Waals surface area contributed by atoms with E-state index in [9.17, 15) is 0 Å². The predicted molar refractivity (Wildman–Crippen MR) is 113 cm³/mol. The van der Waals surface area contributed by atoms with Crippen LogP contribution in [0.25, 0.3) is 22.5 Å². The molecule has 1 aliphatic rings. The van der Waals surface area contributed by atoms with Gasteiger partial charge in [0.25, 0.3) is 0 Å². The summed E-state index contributed by atoms with van der Waals surface area (Å²) in [7, 11) is 0. The minimum Gasteiger partial charge on any atom is -0.293 e. The third-order valence-electron chi connectivity index (χ3n) is 5.09. The SMILES string of the molecule is c1ccc(-c2csc(CN3CCc4nc(-c5ccncc5)ncc4C3)c2)cc1. The molecule has 28 heavy (non-hydrogen) atoms. The minimum absolute atomic E-state index is 0.792. The monoisotopic (exact) mass is 384 g/mol. The first-order valence-corrected chi connectivity index (χ1v) is 10.3. The number of hydrogen-bond donors (Lipinski definition) is 0. The molecule has 0 radical (unpaired) electrons. The lowest BCUT2D eigenvalue weighted by Crippen LogP contribution is -2.30. The zero-order valence-corrected chi connectivity index (χ0v) is 16.3. The van der Waals surface area contributed by atoms with Crippen LogP contribution < -0.4 is 0 Å². The van der Waals surface area contributed by atoms with Crippen molar-refractivity contribution in [3.8, 4) is 22.5 Å². The Morgan fingerprint density at radius 3 is 2.68 bits per heavy atom. The maximum absolute atomic E-state index is 4.81. The van der Waals surface area contributed by atoms with Crippen LogP contribution in [0.3, 0.4) is 0 Å². The summed E-state index contributed by atoms with van der Waals surface area (Å²) in [6, 6.07) is 16.8. The molecular weight excluding hydrogens is 364 g/mol. The maximum atomic E-state index is 4.81. The lowest BCUT2D eigenvalue weighted by atomic mass is 10.1. The predicted octanol–water partition coefficient (Wildman–Crippen LogP) is 4.83. The summed E-state index contributed by atoms with van der Waals surface area (Å²) in [5.41, 5.74) is 6.03. The van der Waals surface area contributed by atoms with Gasteiger partial charge in [0.1, 0.15) is 0 Å². The van der Waals surface area contributed by atoms with Gasteiger partial charge in [-0.1, -0.05) is 30.3 Å². The first-order chi connectivity index (χ1) is 13.8. The summed E-state index contributed by atoms with van der Waals surface area (Å²) in [4.78, 5) is 17.3. The number of fused-ring (bicyclic) bond motifs is 1. The van der Waals surface area contributed by atoms with Gasteiger partial charge in [-0.25, -0.2) is 9.97 Å². The number of nitrogens with zero attached hydrogens (tertiary/aromatic N) is 4. The van der Waals surface area contributed by atoms with Crippen LogP contribution in [0.15, 0.2) is 72.5 Å². The summed E-state index contributed by atoms with van der Waals surface area (Å²) in [5.74, 6) is 0.792. The Morgan fingerprint density at radius 2 is 1.82 bits per heavy atom. The summed E-state index contributed by atoms with van der Waals surface area (Å²) < 4.78 is 0. The first kappa shape index (κ1) is 17.2. The molecule has 0 aliphatic carbocycles. The fourth-order valence-corrected chi connectivity index (χ4v) is 4.55. The molecule has 1 aromatic carbocycles. The first-order valence-electron chi connectivity index (χ1n) is 9.45. The topological polar surface area (TPSA) is 41.9 Å². The van der Waals surface area contributed by atoms with E-state index >= 15 is 0 Å². The van der Waals surface area contributed by atoms with E-state index in [-0.39, 0.29) is 0 Å². The third-order valence-corrected chi connectivity index (χ3v) is 6.01. The van der Waals surface area contributed by atoms with Crippen molar-refractivity contribution in [3.63, 3.8) is 0 Å². The van der Waals surface area contributed by atoms with Crippen molar-refractivity contribution < 1.29 is 0 Å². The Kier molecular flexibility index (Phi) is 4.69. The lowest BCUT2D eigenvalue weighted by Gasteiger charge is -2.27. The van der Waals surface area contributed by atoms with Crippen LogP contribution in [-0.2, 0) is 19.5 Å². The van der Waals surface area contributed by atoms with Crippen LogP contribution in [-0.4, -0.2) is 26.4 Å². The molecule has 0 spiro atoms. The number of benzene rings is 1. The second kappa shape index (κ2) is 7.62. The molecule has 0 bridgehead atoms. The standard InChI is InChI=1S/C23H20N4S/c1-2-4-17(5-3-1)19-12-21(28-16-19)15-27-11-8-22-20(14-27)13-25-23(26-22)18-6-9-24-10-7-18/h1-7,9-10,12-13,16H,8,11,14-15H2. The Labute approximate surface area is 168 Å². The molecule has 138 valence electrons. The van der Waals surface area contributed by atoms with Crippen molar-refractivity contribution in [2.45, 2.75) is 19.5 Å². The van der Waals surface area contributed by atoms with E-state index < -0.39 is 0 Å². The number of thiophene rings is 1. The Balaban J connectivity index is 1.30. The molecule has 0 saturated heterocycles. The number of aromatic nitrogens is 3. The smallest absolute Gasteiger partial charge is 0.159 e. The van der Waals surface area contributed by atoms with Crippen LogP contribution >= 0.6 is 11.3 Å². The summed E-state index contributed by atoms with van der Waals surface area (Å²) in [6.45, 7) is 2.91. The number of rotatable bonds is 4. The molecule has 1 aliphatic heterocycles. The van der Waals surface area contributed by atoms with Crippen LogP contribution in [0, 0.1) is 0 Å². The highest BCUT2D eigenvalue weighted by molar-refractivity contribution is 7.10. The normalized spacial score (nSPS) is 14.0. The summed E-state index contributed by atoms with van der Waals surface area (Å²) >= 11 is 1.84. The van der Waals surface area contributed by atoms with Gasteiger partial charge in [0.05, 0.1) is 5.69 Å². The quantitative estimate of drug-likeness (QED) is 0.506. The van der Waals surface area contributed by atoms with Gasteiger partial charge in [-0.3, -0.25) is 9.88 Å². The van der Waals surface area contributed by atoms with Gasteiger partial charge in [-0.15, -0.1) is 11.3 Å². The molecule has 0 saturated carbocycles. The molecule has 0 unspecified atom stereocenters. The van der Waals surface area contributed by atoms with Gasteiger partial charge in [-0.05, 0) is 34.7 Å². The molecular formula is C23H20N4S. The fraction of sp³-hybridized carbons (Fsp3) is 0.174. The molecule has 5 rings (SSSR count). The second-order valence-electron chi connectivity index (χ2n) is 7.03. The highest BCUT2D eigenvalue weighted by Crippen LogP contribution is 2.28. The van der Waals surface area contributed by atoms with Crippen molar-refractivity contribution >= 4 is 11.3 Å².